The molecule has 0 saturated heterocycles. The molecule has 0 aliphatic rings. The van der Waals surface area contributed by atoms with Crippen LogP contribution in [0.15, 0.2) is 17.2 Å². The molecule has 5 heteroatoms. The van der Waals surface area contributed by atoms with Gasteiger partial charge in [0, 0.05) is 39.1 Å². The molecule has 0 spiro atoms. The molecule has 0 fully saturated rings. The third kappa shape index (κ3) is 5.06. The van der Waals surface area contributed by atoms with Crippen LogP contribution in [0.1, 0.15) is 26.2 Å². The zero-order valence-electron chi connectivity index (χ0n) is 11.5. The maximum absolute atomic E-state index is 11.9. The van der Waals surface area contributed by atoms with Crippen molar-refractivity contribution in [2.24, 2.45) is 0 Å². The van der Waals surface area contributed by atoms with Crippen molar-refractivity contribution in [3.8, 4) is 0 Å². The normalized spacial score (nSPS) is 11.0. The fourth-order valence-electron chi connectivity index (χ4n) is 1.87. The molecule has 1 aromatic rings. The number of imidazole rings is 1. The van der Waals surface area contributed by atoms with Crippen LogP contribution >= 0.6 is 0 Å². The smallest absolute Gasteiger partial charge is 0.328 e. The van der Waals surface area contributed by atoms with Crippen molar-refractivity contribution in [3.63, 3.8) is 0 Å². The van der Waals surface area contributed by atoms with Crippen molar-refractivity contribution in [3.05, 3.63) is 22.9 Å². The van der Waals surface area contributed by atoms with E-state index in [-0.39, 0.29) is 5.69 Å². The van der Waals surface area contributed by atoms with Crippen molar-refractivity contribution >= 4 is 0 Å². The first-order valence-electron chi connectivity index (χ1n) is 6.74. The minimum absolute atomic E-state index is 0.115. The lowest BCUT2D eigenvalue weighted by Crippen LogP contribution is -2.25. The molecule has 0 aromatic carbocycles. The van der Waals surface area contributed by atoms with Crippen molar-refractivity contribution < 1.29 is 4.74 Å². The van der Waals surface area contributed by atoms with Gasteiger partial charge in [0.25, 0.3) is 0 Å². The molecule has 0 radical (unpaired) electrons. The number of ether oxygens (including phenoxy) is 1. The lowest BCUT2D eigenvalue weighted by molar-refractivity contribution is 0.199. The van der Waals surface area contributed by atoms with Gasteiger partial charge in [-0.1, -0.05) is 6.92 Å². The summed E-state index contributed by atoms with van der Waals surface area (Å²) in [5.74, 6) is 0. The van der Waals surface area contributed by atoms with Crippen LogP contribution in [0, 0.1) is 0 Å². The highest BCUT2D eigenvalue weighted by Gasteiger charge is 2.01. The van der Waals surface area contributed by atoms with E-state index < -0.39 is 0 Å². The molecule has 18 heavy (non-hydrogen) atoms. The van der Waals surface area contributed by atoms with Gasteiger partial charge >= 0.3 is 5.69 Å². The number of aromatic nitrogens is 2. The zero-order chi connectivity index (χ0) is 13.2. The highest BCUT2D eigenvalue weighted by Crippen LogP contribution is 1.94. The average Bonchev–Trinajstić information content (AvgIpc) is 2.71. The molecular formula is C13H25N3O2. The fourth-order valence-corrected chi connectivity index (χ4v) is 1.87. The van der Waals surface area contributed by atoms with Gasteiger partial charge in [0.1, 0.15) is 0 Å². The van der Waals surface area contributed by atoms with E-state index in [2.05, 4.69) is 12.2 Å². The Kier molecular flexibility index (Phi) is 7.44. The molecule has 0 saturated carbocycles. The quantitative estimate of drug-likeness (QED) is 0.636. The van der Waals surface area contributed by atoms with Crippen LogP contribution in [0.4, 0.5) is 0 Å². The number of nitrogens with zero attached hydrogens (tertiary/aromatic N) is 2. The minimum Gasteiger partial charge on any atom is -0.383 e. The van der Waals surface area contributed by atoms with Crippen LogP contribution in [-0.4, -0.2) is 35.9 Å². The summed E-state index contributed by atoms with van der Waals surface area (Å²) in [6.07, 6.45) is 6.86. The van der Waals surface area contributed by atoms with Gasteiger partial charge in [0.05, 0.1) is 6.61 Å². The Morgan fingerprint density at radius 3 is 2.56 bits per heavy atom. The molecule has 1 N–H and O–H groups in total. The highest BCUT2D eigenvalue weighted by molar-refractivity contribution is 4.81. The monoisotopic (exact) mass is 255 g/mol. The van der Waals surface area contributed by atoms with Gasteiger partial charge in [0.2, 0.25) is 0 Å². The SMILES string of the molecule is CCCn1ccn(CCCCNCCOC)c1=O. The Bertz CT molecular complexity index is 371. The van der Waals surface area contributed by atoms with E-state index >= 15 is 0 Å². The van der Waals surface area contributed by atoms with Crippen LogP contribution in [0.3, 0.4) is 0 Å². The molecule has 1 rings (SSSR count). The average molecular weight is 255 g/mol. The summed E-state index contributed by atoms with van der Waals surface area (Å²) in [4.78, 5) is 11.9. The molecule has 1 aromatic heterocycles. The molecule has 0 unspecified atom stereocenters. The van der Waals surface area contributed by atoms with Crippen molar-refractivity contribution in [2.75, 3.05) is 26.8 Å². The summed E-state index contributed by atoms with van der Waals surface area (Å²) < 4.78 is 8.52. The van der Waals surface area contributed by atoms with E-state index in [1.54, 1.807) is 16.2 Å². The Balaban J connectivity index is 2.17. The van der Waals surface area contributed by atoms with Crippen LogP contribution in [0.5, 0.6) is 0 Å². The minimum atomic E-state index is 0.115. The summed E-state index contributed by atoms with van der Waals surface area (Å²) in [5, 5.41) is 3.30. The third-order valence-corrected chi connectivity index (χ3v) is 2.87. The fraction of sp³-hybridized carbons (Fsp3) is 0.769. The van der Waals surface area contributed by atoms with E-state index in [1.165, 1.54) is 0 Å². The molecule has 0 amide bonds. The summed E-state index contributed by atoms with van der Waals surface area (Å²) >= 11 is 0. The number of hydrogen-bond donors (Lipinski definition) is 1. The van der Waals surface area contributed by atoms with Crippen molar-refractivity contribution in [1.29, 1.82) is 0 Å². The molecule has 0 atom stereocenters. The number of hydrogen-bond acceptors (Lipinski definition) is 3. The van der Waals surface area contributed by atoms with E-state index in [1.807, 2.05) is 12.4 Å². The second-order valence-corrected chi connectivity index (χ2v) is 4.42. The molecule has 0 aliphatic heterocycles. The summed E-state index contributed by atoms with van der Waals surface area (Å²) in [7, 11) is 1.70. The Morgan fingerprint density at radius 2 is 1.89 bits per heavy atom. The van der Waals surface area contributed by atoms with Crippen LogP contribution in [-0.2, 0) is 17.8 Å². The predicted octanol–water partition coefficient (Wildman–Crippen LogP) is 1.08. The Labute approximate surface area is 109 Å². The van der Waals surface area contributed by atoms with Gasteiger partial charge in [0.15, 0.2) is 0 Å². The molecule has 5 nitrogen and oxygen atoms in total. The highest BCUT2D eigenvalue weighted by atomic mass is 16.5. The number of rotatable bonds is 10. The van der Waals surface area contributed by atoms with Gasteiger partial charge in [-0.25, -0.2) is 4.79 Å². The topological polar surface area (TPSA) is 48.2 Å². The molecule has 1 heterocycles. The first kappa shape index (κ1) is 15.0. The third-order valence-electron chi connectivity index (χ3n) is 2.87. The predicted molar refractivity (Wildman–Crippen MR) is 73.0 cm³/mol. The molecular weight excluding hydrogens is 230 g/mol. The van der Waals surface area contributed by atoms with Gasteiger partial charge in [-0.2, -0.15) is 0 Å². The van der Waals surface area contributed by atoms with Crippen LogP contribution < -0.4 is 11.0 Å². The van der Waals surface area contributed by atoms with Gasteiger partial charge in [-0.05, 0) is 25.8 Å². The molecule has 0 bridgehead atoms. The first-order chi connectivity index (χ1) is 8.79. The zero-order valence-corrected chi connectivity index (χ0v) is 11.5. The van der Waals surface area contributed by atoms with Gasteiger partial charge in [-0.3, -0.25) is 9.13 Å². The van der Waals surface area contributed by atoms with Crippen LogP contribution in [0.25, 0.3) is 0 Å². The standard InChI is InChI=1S/C13H25N3O2/c1-3-8-15-10-11-16(13(15)17)9-5-4-6-14-7-12-18-2/h10-11,14H,3-9,12H2,1-2H3. The maximum Gasteiger partial charge on any atom is 0.328 e. The number of methoxy groups -OCH3 is 1. The summed E-state index contributed by atoms with van der Waals surface area (Å²) in [6.45, 7) is 6.32. The number of nitrogens with one attached hydrogen (secondary N) is 1. The summed E-state index contributed by atoms with van der Waals surface area (Å²) in [6, 6.07) is 0. The second kappa shape index (κ2) is 8.94. The summed E-state index contributed by atoms with van der Waals surface area (Å²) in [5.41, 5.74) is 0.115. The largest absolute Gasteiger partial charge is 0.383 e. The van der Waals surface area contributed by atoms with E-state index in [0.717, 1.165) is 52.0 Å². The van der Waals surface area contributed by atoms with Crippen molar-refractivity contribution in [1.82, 2.24) is 14.5 Å². The lowest BCUT2D eigenvalue weighted by atomic mass is 10.3. The van der Waals surface area contributed by atoms with E-state index in [9.17, 15) is 4.79 Å². The molecule has 0 aliphatic carbocycles. The Morgan fingerprint density at radius 1 is 1.17 bits per heavy atom. The van der Waals surface area contributed by atoms with E-state index in [4.69, 9.17) is 4.74 Å². The van der Waals surface area contributed by atoms with Gasteiger partial charge in [-0.15, -0.1) is 0 Å². The van der Waals surface area contributed by atoms with Crippen molar-refractivity contribution in [2.45, 2.75) is 39.3 Å². The van der Waals surface area contributed by atoms with Crippen LogP contribution in [0.2, 0.25) is 0 Å². The first-order valence-corrected chi connectivity index (χ1v) is 6.74. The Hall–Kier alpha value is -1.07. The molecule has 104 valence electrons. The number of unbranched alkanes of at least 4 members (excludes halogenated alkanes) is 1. The van der Waals surface area contributed by atoms with Gasteiger partial charge < -0.3 is 10.1 Å². The lowest BCUT2D eigenvalue weighted by Gasteiger charge is -2.04. The van der Waals surface area contributed by atoms with E-state index in [0.29, 0.717) is 0 Å². The number of aryl methyl sites for hydroxylation is 2. The maximum atomic E-state index is 11.9. The second-order valence-electron chi connectivity index (χ2n) is 4.42.